The van der Waals surface area contributed by atoms with E-state index in [0.29, 0.717) is 17.3 Å². The molecule has 0 radical (unpaired) electrons. The first-order valence-corrected chi connectivity index (χ1v) is 8.03. The first kappa shape index (κ1) is 13.5. The van der Waals surface area contributed by atoms with Crippen LogP contribution in [0, 0.1) is 0 Å². The molecule has 0 unspecified atom stereocenters. The fourth-order valence-corrected chi connectivity index (χ4v) is 5.10. The number of sulfone groups is 1. The van der Waals surface area contributed by atoms with Gasteiger partial charge in [0, 0.05) is 4.47 Å². The molecular weight excluding hydrogens is 320 g/mol. The van der Waals surface area contributed by atoms with Gasteiger partial charge in [0.2, 0.25) is 0 Å². The van der Waals surface area contributed by atoms with Gasteiger partial charge in [-0.3, -0.25) is 0 Å². The van der Waals surface area contributed by atoms with Crippen LogP contribution in [0.4, 0.5) is 0 Å². The molecule has 0 bridgehead atoms. The molecule has 1 fully saturated rings. The van der Waals surface area contributed by atoms with E-state index >= 15 is 0 Å². The fourth-order valence-electron chi connectivity index (χ4n) is 2.23. The fraction of sp³-hybridized carbons (Fsp3) is 0.417. The van der Waals surface area contributed by atoms with Gasteiger partial charge in [-0.1, -0.05) is 12.8 Å². The molecule has 0 amide bonds. The van der Waals surface area contributed by atoms with Crippen molar-refractivity contribution in [2.45, 2.75) is 35.8 Å². The predicted octanol–water partition coefficient (Wildman–Crippen LogP) is 2.86. The lowest BCUT2D eigenvalue weighted by atomic mass is 10.2. The first-order valence-electron chi connectivity index (χ1n) is 5.69. The molecule has 1 aliphatic carbocycles. The largest absolute Gasteiger partial charge is 0.478 e. The van der Waals surface area contributed by atoms with Crippen LogP contribution in [0.1, 0.15) is 36.0 Å². The lowest BCUT2D eigenvalue weighted by molar-refractivity contribution is 0.0696. The minimum absolute atomic E-state index is 0.00484. The SMILES string of the molecule is O=C(O)c1ccc(Br)c(S(=O)(=O)C2CCCC2)c1. The van der Waals surface area contributed by atoms with E-state index in [4.69, 9.17) is 5.11 Å². The number of hydrogen-bond acceptors (Lipinski definition) is 3. The molecule has 1 aromatic rings. The number of carbonyl (C=O) groups is 1. The van der Waals surface area contributed by atoms with E-state index in [9.17, 15) is 13.2 Å². The number of carboxylic acid groups (broad SMARTS) is 1. The summed E-state index contributed by atoms with van der Waals surface area (Å²) in [6.45, 7) is 0. The van der Waals surface area contributed by atoms with Gasteiger partial charge in [-0.2, -0.15) is 0 Å². The lowest BCUT2D eigenvalue weighted by Crippen LogP contribution is -2.18. The summed E-state index contributed by atoms with van der Waals surface area (Å²) in [6.07, 6.45) is 3.15. The quantitative estimate of drug-likeness (QED) is 0.923. The van der Waals surface area contributed by atoms with Crippen LogP contribution in [0.3, 0.4) is 0 Å². The molecule has 0 heterocycles. The van der Waals surface area contributed by atoms with E-state index in [1.807, 2.05) is 0 Å². The molecule has 0 saturated heterocycles. The minimum atomic E-state index is -3.44. The van der Waals surface area contributed by atoms with Crippen molar-refractivity contribution in [3.63, 3.8) is 0 Å². The Morgan fingerprint density at radius 2 is 1.89 bits per heavy atom. The Kier molecular flexibility index (Phi) is 3.77. The minimum Gasteiger partial charge on any atom is -0.478 e. The Morgan fingerprint density at radius 3 is 2.44 bits per heavy atom. The maximum Gasteiger partial charge on any atom is 0.335 e. The van der Waals surface area contributed by atoms with Gasteiger partial charge in [0.05, 0.1) is 15.7 Å². The van der Waals surface area contributed by atoms with E-state index in [-0.39, 0.29) is 15.7 Å². The molecule has 0 aliphatic heterocycles. The van der Waals surface area contributed by atoms with E-state index in [1.54, 1.807) is 0 Å². The molecule has 4 nitrogen and oxygen atoms in total. The van der Waals surface area contributed by atoms with Crippen molar-refractivity contribution in [2.24, 2.45) is 0 Å². The Labute approximate surface area is 114 Å². The summed E-state index contributed by atoms with van der Waals surface area (Å²) in [6, 6.07) is 4.10. The second-order valence-electron chi connectivity index (χ2n) is 4.40. The summed E-state index contributed by atoms with van der Waals surface area (Å²) in [7, 11) is -3.44. The molecule has 1 saturated carbocycles. The van der Waals surface area contributed by atoms with Gasteiger partial charge in [0.1, 0.15) is 0 Å². The third-order valence-corrected chi connectivity index (χ3v) is 6.48. The predicted molar refractivity (Wildman–Crippen MR) is 70.5 cm³/mol. The highest BCUT2D eigenvalue weighted by molar-refractivity contribution is 9.10. The Balaban J connectivity index is 2.49. The second kappa shape index (κ2) is 5.01. The van der Waals surface area contributed by atoms with Gasteiger partial charge < -0.3 is 5.11 Å². The Bertz CT molecular complexity index is 574. The number of carboxylic acids is 1. The van der Waals surface area contributed by atoms with Crippen molar-refractivity contribution in [3.8, 4) is 0 Å². The van der Waals surface area contributed by atoms with Crippen molar-refractivity contribution < 1.29 is 18.3 Å². The molecule has 98 valence electrons. The number of hydrogen-bond donors (Lipinski definition) is 1. The van der Waals surface area contributed by atoms with Crippen LogP contribution < -0.4 is 0 Å². The Hall–Kier alpha value is -0.880. The zero-order chi connectivity index (χ0) is 13.3. The van der Waals surface area contributed by atoms with Crippen LogP contribution >= 0.6 is 15.9 Å². The van der Waals surface area contributed by atoms with Crippen molar-refractivity contribution >= 4 is 31.7 Å². The van der Waals surface area contributed by atoms with E-state index in [1.165, 1.54) is 18.2 Å². The molecule has 18 heavy (non-hydrogen) atoms. The highest BCUT2D eigenvalue weighted by Crippen LogP contribution is 2.33. The van der Waals surface area contributed by atoms with Gasteiger partial charge in [0.25, 0.3) is 0 Å². The van der Waals surface area contributed by atoms with Crippen molar-refractivity contribution in [1.29, 1.82) is 0 Å². The number of rotatable bonds is 3. The van der Waals surface area contributed by atoms with E-state index in [2.05, 4.69) is 15.9 Å². The molecule has 1 aliphatic rings. The number of aromatic carboxylic acids is 1. The van der Waals surface area contributed by atoms with Gasteiger partial charge >= 0.3 is 5.97 Å². The first-order chi connectivity index (χ1) is 8.43. The molecule has 0 spiro atoms. The standard InChI is InChI=1S/C12H13BrO4S/c13-10-6-5-8(12(14)15)7-11(10)18(16,17)9-3-1-2-4-9/h5-7,9H,1-4H2,(H,14,15). The molecule has 1 aromatic carbocycles. The van der Waals surface area contributed by atoms with Gasteiger partial charge in [-0.15, -0.1) is 0 Å². The summed E-state index contributed by atoms with van der Waals surface area (Å²) in [5.41, 5.74) is -0.00484. The van der Waals surface area contributed by atoms with Crippen LogP contribution in [0.15, 0.2) is 27.6 Å². The molecule has 0 aromatic heterocycles. The third kappa shape index (κ3) is 2.44. The van der Waals surface area contributed by atoms with E-state index < -0.39 is 15.8 Å². The normalized spacial score (nSPS) is 16.9. The molecular formula is C12H13BrO4S. The molecule has 0 atom stereocenters. The summed E-state index contributed by atoms with van der Waals surface area (Å²) in [4.78, 5) is 11.0. The van der Waals surface area contributed by atoms with Gasteiger partial charge in [-0.05, 0) is 47.0 Å². The van der Waals surface area contributed by atoms with Gasteiger partial charge in [-0.25, -0.2) is 13.2 Å². The average molecular weight is 333 g/mol. The van der Waals surface area contributed by atoms with Crippen LogP contribution in [-0.2, 0) is 9.84 Å². The third-order valence-electron chi connectivity index (χ3n) is 3.23. The lowest BCUT2D eigenvalue weighted by Gasteiger charge is -2.13. The molecule has 6 heteroatoms. The highest BCUT2D eigenvalue weighted by atomic mass is 79.9. The molecule has 1 N–H and O–H groups in total. The smallest absolute Gasteiger partial charge is 0.335 e. The highest BCUT2D eigenvalue weighted by Gasteiger charge is 2.32. The number of halogens is 1. The second-order valence-corrected chi connectivity index (χ2v) is 7.45. The summed E-state index contributed by atoms with van der Waals surface area (Å²) >= 11 is 3.19. The maximum absolute atomic E-state index is 12.4. The zero-order valence-electron chi connectivity index (χ0n) is 9.60. The number of benzene rings is 1. The van der Waals surface area contributed by atoms with Crippen LogP contribution in [-0.4, -0.2) is 24.7 Å². The summed E-state index contributed by atoms with van der Waals surface area (Å²) < 4.78 is 25.2. The van der Waals surface area contributed by atoms with Crippen molar-refractivity contribution in [1.82, 2.24) is 0 Å². The summed E-state index contributed by atoms with van der Waals surface area (Å²) in [5.74, 6) is -1.12. The maximum atomic E-state index is 12.4. The monoisotopic (exact) mass is 332 g/mol. The van der Waals surface area contributed by atoms with Gasteiger partial charge in [0.15, 0.2) is 9.84 Å². The van der Waals surface area contributed by atoms with Crippen LogP contribution in [0.2, 0.25) is 0 Å². The topological polar surface area (TPSA) is 71.4 Å². The molecule has 2 rings (SSSR count). The summed E-state index contributed by atoms with van der Waals surface area (Å²) in [5, 5.41) is 8.54. The van der Waals surface area contributed by atoms with Crippen molar-refractivity contribution in [2.75, 3.05) is 0 Å². The van der Waals surface area contributed by atoms with Crippen LogP contribution in [0.25, 0.3) is 0 Å². The zero-order valence-corrected chi connectivity index (χ0v) is 12.0. The Morgan fingerprint density at radius 1 is 1.28 bits per heavy atom. The average Bonchev–Trinajstić information content (AvgIpc) is 2.82. The van der Waals surface area contributed by atoms with Crippen LogP contribution in [0.5, 0.6) is 0 Å². The van der Waals surface area contributed by atoms with E-state index in [0.717, 1.165) is 12.8 Å². The van der Waals surface area contributed by atoms with Crippen molar-refractivity contribution in [3.05, 3.63) is 28.2 Å².